The summed E-state index contributed by atoms with van der Waals surface area (Å²) in [6.45, 7) is -0.295. The van der Waals surface area contributed by atoms with E-state index in [2.05, 4.69) is 31.4 Å². The van der Waals surface area contributed by atoms with Crippen LogP contribution in [0.5, 0.6) is 5.75 Å². The van der Waals surface area contributed by atoms with Crippen molar-refractivity contribution in [2.75, 3.05) is 11.9 Å². The fraction of sp³-hybridized carbons (Fsp3) is 0.0625. The lowest BCUT2D eigenvalue weighted by molar-refractivity contribution is -0.118. The molecule has 1 N–H and O–H groups in total. The number of anilines is 1. The first-order valence-electron chi connectivity index (χ1n) is 7.02. The van der Waals surface area contributed by atoms with Crippen molar-refractivity contribution in [2.24, 2.45) is 0 Å². The van der Waals surface area contributed by atoms with Gasteiger partial charge in [0.05, 0.1) is 5.69 Å². The van der Waals surface area contributed by atoms with Gasteiger partial charge in [0, 0.05) is 9.37 Å². The predicted molar refractivity (Wildman–Crippen MR) is 98.7 cm³/mol. The minimum absolute atomic E-state index is 0.0230. The van der Waals surface area contributed by atoms with Crippen LogP contribution in [0.25, 0.3) is 0 Å². The molecule has 0 aliphatic rings. The molecular formula is C16H11BrFN3O2S2. The van der Waals surface area contributed by atoms with Gasteiger partial charge in [0.1, 0.15) is 5.51 Å². The van der Waals surface area contributed by atoms with E-state index in [9.17, 15) is 9.18 Å². The molecule has 128 valence electrons. The fourth-order valence-electron chi connectivity index (χ4n) is 1.88. The smallest absolute Gasteiger partial charge is 0.262 e. The molecule has 0 spiro atoms. The lowest BCUT2D eigenvalue weighted by atomic mass is 10.3. The minimum Gasteiger partial charge on any atom is -0.481 e. The molecule has 5 nitrogen and oxygen atoms in total. The van der Waals surface area contributed by atoms with Gasteiger partial charge in [-0.3, -0.25) is 4.79 Å². The van der Waals surface area contributed by atoms with Crippen LogP contribution in [0, 0.1) is 5.82 Å². The Kier molecular flexibility index (Phi) is 6.00. The van der Waals surface area contributed by atoms with Gasteiger partial charge in [0.15, 0.2) is 22.5 Å². The molecule has 0 aliphatic heterocycles. The monoisotopic (exact) mass is 439 g/mol. The molecule has 0 radical (unpaired) electrons. The zero-order chi connectivity index (χ0) is 17.6. The van der Waals surface area contributed by atoms with Crippen LogP contribution in [-0.2, 0) is 4.79 Å². The third-order valence-electron chi connectivity index (χ3n) is 2.95. The number of rotatable bonds is 6. The van der Waals surface area contributed by atoms with Crippen molar-refractivity contribution >= 4 is 50.6 Å². The van der Waals surface area contributed by atoms with Gasteiger partial charge in [-0.2, -0.15) is 0 Å². The van der Waals surface area contributed by atoms with Gasteiger partial charge in [0.2, 0.25) is 0 Å². The largest absolute Gasteiger partial charge is 0.481 e. The van der Waals surface area contributed by atoms with E-state index >= 15 is 0 Å². The number of para-hydroxylation sites is 1. The molecule has 0 bridgehead atoms. The molecule has 0 atom stereocenters. The number of hydrogen-bond donors (Lipinski definition) is 1. The first-order chi connectivity index (χ1) is 12.1. The quantitative estimate of drug-likeness (QED) is 0.607. The topological polar surface area (TPSA) is 64.1 Å². The van der Waals surface area contributed by atoms with Gasteiger partial charge in [0.25, 0.3) is 5.91 Å². The molecule has 3 rings (SSSR count). The van der Waals surface area contributed by atoms with Gasteiger partial charge in [-0.05, 0) is 30.3 Å². The highest BCUT2D eigenvalue weighted by atomic mass is 79.9. The summed E-state index contributed by atoms with van der Waals surface area (Å²) < 4.78 is 20.3. The number of nitrogens with zero attached hydrogens (tertiary/aromatic N) is 2. The Balaban J connectivity index is 1.63. The van der Waals surface area contributed by atoms with Crippen LogP contribution in [0.4, 0.5) is 10.1 Å². The minimum atomic E-state index is -0.533. The summed E-state index contributed by atoms with van der Waals surface area (Å²) in [7, 11) is 0. The summed E-state index contributed by atoms with van der Waals surface area (Å²) in [5.41, 5.74) is 2.28. The van der Waals surface area contributed by atoms with E-state index in [0.717, 1.165) is 9.24 Å². The number of benzene rings is 2. The summed E-state index contributed by atoms with van der Waals surface area (Å²) in [5.74, 6) is -0.892. The third kappa shape index (κ3) is 5.00. The highest BCUT2D eigenvalue weighted by molar-refractivity contribution is 9.10. The first kappa shape index (κ1) is 17.8. The molecule has 1 amide bonds. The molecule has 2 aromatic carbocycles. The Hall–Kier alpha value is -1.97. The number of carbonyl (C=O) groups is 1. The molecule has 0 saturated carbocycles. The molecule has 0 fully saturated rings. The average molecular weight is 440 g/mol. The average Bonchev–Trinajstić information content (AvgIpc) is 3.09. The van der Waals surface area contributed by atoms with Crippen molar-refractivity contribution < 1.29 is 13.9 Å². The van der Waals surface area contributed by atoms with Crippen LogP contribution in [0.3, 0.4) is 0 Å². The summed E-state index contributed by atoms with van der Waals surface area (Å²) >= 11 is 5.99. The van der Waals surface area contributed by atoms with E-state index in [1.807, 2.05) is 18.2 Å². The number of hydrogen-bond acceptors (Lipinski definition) is 6. The number of aromatic nitrogens is 2. The molecule has 0 aliphatic carbocycles. The Bertz CT molecular complexity index is 878. The van der Waals surface area contributed by atoms with E-state index in [-0.39, 0.29) is 18.3 Å². The predicted octanol–water partition coefficient (Wildman–Crippen LogP) is 4.61. The van der Waals surface area contributed by atoms with Gasteiger partial charge in [-0.15, -0.1) is 10.2 Å². The molecule has 1 heterocycles. The summed E-state index contributed by atoms with van der Waals surface area (Å²) in [6.07, 6.45) is 0. The number of ether oxygens (including phenoxy) is 1. The van der Waals surface area contributed by atoms with E-state index in [0.29, 0.717) is 10.2 Å². The second kappa shape index (κ2) is 8.41. The van der Waals surface area contributed by atoms with Gasteiger partial charge in [-0.1, -0.05) is 51.2 Å². The maximum Gasteiger partial charge on any atom is 0.262 e. The molecular weight excluding hydrogens is 429 g/mol. The third-order valence-corrected chi connectivity index (χ3v) is 5.30. The van der Waals surface area contributed by atoms with Crippen LogP contribution in [0.1, 0.15) is 0 Å². The van der Waals surface area contributed by atoms with Crippen molar-refractivity contribution in [1.29, 1.82) is 0 Å². The summed E-state index contributed by atoms with van der Waals surface area (Å²) in [4.78, 5) is 13.0. The highest BCUT2D eigenvalue weighted by Crippen LogP contribution is 2.33. The van der Waals surface area contributed by atoms with Gasteiger partial charge < -0.3 is 10.1 Å². The van der Waals surface area contributed by atoms with Crippen LogP contribution in [0.2, 0.25) is 0 Å². The second-order valence-corrected chi connectivity index (χ2v) is 7.75. The van der Waals surface area contributed by atoms with Crippen LogP contribution < -0.4 is 10.1 Å². The van der Waals surface area contributed by atoms with E-state index in [1.165, 1.54) is 35.2 Å². The maximum atomic E-state index is 13.7. The van der Waals surface area contributed by atoms with Crippen LogP contribution in [0.15, 0.2) is 61.7 Å². The van der Waals surface area contributed by atoms with Crippen molar-refractivity contribution in [1.82, 2.24) is 10.2 Å². The Morgan fingerprint density at radius 3 is 2.92 bits per heavy atom. The second-order valence-electron chi connectivity index (χ2n) is 4.71. The summed E-state index contributed by atoms with van der Waals surface area (Å²) in [5, 5.41) is 10.5. The molecule has 0 unspecified atom stereocenters. The Morgan fingerprint density at radius 1 is 1.32 bits per heavy atom. The lowest BCUT2D eigenvalue weighted by Crippen LogP contribution is -2.20. The number of amides is 1. The van der Waals surface area contributed by atoms with Gasteiger partial charge in [-0.25, -0.2) is 4.39 Å². The van der Waals surface area contributed by atoms with Crippen molar-refractivity contribution in [2.45, 2.75) is 9.24 Å². The van der Waals surface area contributed by atoms with Crippen molar-refractivity contribution in [3.63, 3.8) is 0 Å². The van der Waals surface area contributed by atoms with Crippen molar-refractivity contribution in [3.8, 4) is 5.75 Å². The zero-order valence-electron chi connectivity index (χ0n) is 12.6. The maximum absolute atomic E-state index is 13.7. The Labute approximate surface area is 159 Å². The molecule has 9 heteroatoms. The van der Waals surface area contributed by atoms with Gasteiger partial charge >= 0.3 is 0 Å². The highest BCUT2D eigenvalue weighted by Gasteiger charge is 2.11. The molecule has 3 aromatic rings. The lowest BCUT2D eigenvalue weighted by Gasteiger charge is -2.11. The normalized spacial score (nSPS) is 10.5. The first-order valence-corrected chi connectivity index (χ1v) is 9.51. The number of carbonyl (C=O) groups excluding carboxylic acids is 1. The molecule has 25 heavy (non-hydrogen) atoms. The Morgan fingerprint density at radius 2 is 2.16 bits per heavy atom. The van der Waals surface area contributed by atoms with Crippen molar-refractivity contribution in [3.05, 3.63) is 58.3 Å². The number of nitrogens with one attached hydrogen (secondary N) is 1. The zero-order valence-corrected chi connectivity index (χ0v) is 15.8. The van der Waals surface area contributed by atoms with E-state index < -0.39 is 5.82 Å². The summed E-state index contributed by atoms with van der Waals surface area (Å²) in [6, 6.07) is 11.7. The van der Waals surface area contributed by atoms with Crippen LogP contribution in [-0.4, -0.2) is 22.7 Å². The van der Waals surface area contributed by atoms with E-state index in [4.69, 9.17) is 4.74 Å². The number of halogens is 2. The van der Waals surface area contributed by atoms with Crippen LogP contribution >= 0.6 is 39.0 Å². The standard InChI is InChI=1S/C16H11BrFN3O2S2/c17-10-5-6-13(11(18)7-10)23-8-15(22)20-12-3-1-2-4-14(12)25-16-21-19-9-24-16/h1-7,9H,8H2,(H,20,22). The van der Waals surface area contributed by atoms with E-state index in [1.54, 1.807) is 17.6 Å². The molecule has 1 aromatic heterocycles. The SMILES string of the molecule is O=C(COc1ccc(Br)cc1F)Nc1ccccc1Sc1nncs1. The fourth-order valence-corrected chi connectivity index (χ4v) is 3.74. The molecule has 0 saturated heterocycles.